The SMILES string of the molecule is CC(C)N(CCC#N)C(=O)NCCC(C)(C)CCC(=O)O. The fourth-order valence-electron chi connectivity index (χ4n) is 1.94. The van der Waals surface area contributed by atoms with Crippen molar-refractivity contribution in [3.8, 4) is 6.07 Å². The summed E-state index contributed by atoms with van der Waals surface area (Å²) in [6.07, 6.45) is 1.76. The Morgan fingerprint density at radius 3 is 2.43 bits per heavy atom. The average Bonchev–Trinajstić information content (AvgIpc) is 2.36. The molecule has 0 atom stereocenters. The second-order valence-electron chi connectivity index (χ2n) is 6.24. The van der Waals surface area contributed by atoms with E-state index >= 15 is 0 Å². The molecular weight excluding hydrogens is 270 g/mol. The van der Waals surface area contributed by atoms with Crippen molar-refractivity contribution in [1.29, 1.82) is 5.26 Å². The number of hydrogen-bond donors (Lipinski definition) is 2. The maximum atomic E-state index is 12.1. The maximum absolute atomic E-state index is 12.1. The quantitative estimate of drug-likeness (QED) is 0.684. The molecule has 0 unspecified atom stereocenters. The highest BCUT2D eigenvalue weighted by Crippen LogP contribution is 2.26. The first-order chi connectivity index (χ1) is 9.69. The summed E-state index contributed by atoms with van der Waals surface area (Å²) in [5.74, 6) is -0.797. The van der Waals surface area contributed by atoms with E-state index in [2.05, 4.69) is 5.32 Å². The van der Waals surface area contributed by atoms with Gasteiger partial charge in [-0.2, -0.15) is 5.26 Å². The normalized spacial score (nSPS) is 11.0. The maximum Gasteiger partial charge on any atom is 0.317 e. The van der Waals surface area contributed by atoms with Crippen LogP contribution in [0.2, 0.25) is 0 Å². The van der Waals surface area contributed by atoms with Gasteiger partial charge >= 0.3 is 12.0 Å². The van der Waals surface area contributed by atoms with Crippen molar-refractivity contribution in [3.05, 3.63) is 0 Å². The fourth-order valence-corrected chi connectivity index (χ4v) is 1.94. The van der Waals surface area contributed by atoms with Gasteiger partial charge in [-0.15, -0.1) is 0 Å². The second kappa shape index (κ2) is 9.22. The van der Waals surface area contributed by atoms with E-state index in [4.69, 9.17) is 10.4 Å². The van der Waals surface area contributed by atoms with Crippen LogP contribution in [-0.2, 0) is 4.79 Å². The first-order valence-electron chi connectivity index (χ1n) is 7.33. The number of urea groups is 1. The summed E-state index contributed by atoms with van der Waals surface area (Å²) in [4.78, 5) is 24.3. The number of carbonyl (C=O) groups excluding carboxylic acids is 1. The van der Waals surface area contributed by atoms with E-state index in [0.717, 1.165) is 6.42 Å². The Balaban J connectivity index is 4.21. The summed E-state index contributed by atoms with van der Waals surface area (Å²) in [5, 5.41) is 20.2. The molecule has 2 N–H and O–H groups in total. The van der Waals surface area contributed by atoms with Crippen molar-refractivity contribution in [3.63, 3.8) is 0 Å². The molecule has 6 nitrogen and oxygen atoms in total. The van der Waals surface area contributed by atoms with Gasteiger partial charge in [-0.25, -0.2) is 4.79 Å². The van der Waals surface area contributed by atoms with E-state index in [9.17, 15) is 9.59 Å². The molecule has 0 spiro atoms. The van der Waals surface area contributed by atoms with E-state index in [1.807, 2.05) is 33.8 Å². The zero-order chi connectivity index (χ0) is 16.5. The predicted octanol–water partition coefficient (Wildman–Crippen LogP) is 2.60. The summed E-state index contributed by atoms with van der Waals surface area (Å²) in [6.45, 7) is 8.74. The molecule has 0 aliphatic rings. The smallest absolute Gasteiger partial charge is 0.317 e. The first kappa shape index (κ1) is 19.2. The van der Waals surface area contributed by atoms with Crippen LogP contribution in [0.15, 0.2) is 0 Å². The van der Waals surface area contributed by atoms with Crippen LogP contribution in [0.4, 0.5) is 4.79 Å². The van der Waals surface area contributed by atoms with Crippen LogP contribution in [0.25, 0.3) is 0 Å². The fraction of sp³-hybridized carbons (Fsp3) is 0.800. The van der Waals surface area contributed by atoms with Crippen LogP contribution < -0.4 is 5.32 Å². The Morgan fingerprint density at radius 1 is 1.33 bits per heavy atom. The highest BCUT2D eigenvalue weighted by molar-refractivity contribution is 5.74. The van der Waals surface area contributed by atoms with Crippen molar-refractivity contribution in [1.82, 2.24) is 10.2 Å². The number of carboxylic acid groups (broad SMARTS) is 1. The molecule has 0 aromatic carbocycles. The van der Waals surface area contributed by atoms with Gasteiger partial charge in [0.25, 0.3) is 0 Å². The molecule has 6 heteroatoms. The number of aliphatic carboxylic acids is 1. The number of nitriles is 1. The number of carbonyl (C=O) groups is 2. The van der Waals surface area contributed by atoms with Crippen molar-refractivity contribution in [2.24, 2.45) is 5.41 Å². The minimum Gasteiger partial charge on any atom is -0.481 e. The van der Waals surface area contributed by atoms with Crippen LogP contribution >= 0.6 is 0 Å². The molecule has 21 heavy (non-hydrogen) atoms. The molecule has 0 bridgehead atoms. The first-order valence-corrected chi connectivity index (χ1v) is 7.33. The number of hydrogen-bond acceptors (Lipinski definition) is 3. The Kier molecular flexibility index (Phi) is 8.44. The molecule has 0 aromatic rings. The number of rotatable bonds is 9. The van der Waals surface area contributed by atoms with Gasteiger partial charge in [-0.3, -0.25) is 4.79 Å². The predicted molar refractivity (Wildman–Crippen MR) is 80.7 cm³/mol. The topological polar surface area (TPSA) is 93.4 Å². The van der Waals surface area contributed by atoms with Crippen molar-refractivity contribution < 1.29 is 14.7 Å². The largest absolute Gasteiger partial charge is 0.481 e. The lowest BCUT2D eigenvalue weighted by atomic mass is 9.84. The molecule has 0 aliphatic carbocycles. The Labute approximate surface area is 127 Å². The molecule has 0 rings (SSSR count). The third kappa shape index (κ3) is 8.90. The van der Waals surface area contributed by atoms with Gasteiger partial charge in [0.1, 0.15) is 0 Å². The number of nitrogens with one attached hydrogen (secondary N) is 1. The van der Waals surface area contributed by atoms with E-state index in [-0.39, 0.29) is 23.9 Å². The average molecular weight is 297 g/mol. The molecule has 0 aromatic heterocycles. The molecule has 2 amide bonds. The lowest BCUT2D eigenvalue weighted by Crippen LogP contribution is -2.45. The zero-order valence-corrected chi connectivity index (χ0v) is 13.5. The van der Waals surface area contributed by atoms with Gasteiger partial charge in [0.05, 0.1) is 12.5 Å². The monoisotopic (exact) mass is 297 g/mol. The van der Waals surface area contributed by atoms with E-state index in [1.165, 1.54) is 0 Å². The lowest BCUT2D eigenvalue weighted by molar-refractivity contribution is -0.137. The van der Waals surface area contributed by atoms with Crippen LogP contribution in [0.1, 0.15) is 53.4 Å². The minimum absolute atomic E-state index is 0.0402. The standard InChI is InChI=1S/C15H27N3O3/c1-12(2)18(11-5-9-16)14(21)17-10-8-15(3,4)7-6-13(19)20/h12H,5-8,10-11H2,1-4H3,(H,17,21)(H,19,20). The number of nitrogens with zero attached hydrogens (tertiary/aromatic N) is 2. The van der Waals surface area contributed by atoms with Crippen molar-refractivity contribution in [2.45, 2.75) is 59.4 Å². The Bertz CT molecular complexity index is 386. The van der Waals surface area contributed by atoms with Gasteiger partial charge in [-0.1, -0.05) is 13.8 Å². The van der Waals surface area contributed by atoms with Crippen LogP contribution in [-0.4, -0.2) is 41.1 Å². The molecule has 0 radical (unpaired) electrons. The van der Waals surface area contributed by atoms with Gasteiger partial charge in [0.15, 0.2) is 0 Å². The number of amides is 2. The highest BCUT2D eigenvalue weighted by atomic mass is 16.4. The summed E-state index contributed by atoms with van der Waals surface area (Å²) in [7, 11) is 0. The molecule has 0 fully saturated rings. The summed E-state index contributed by atoms with van der Waals surface area (Å²) < 4.78 is 0. The number of carboxylic acids is 1. The van der Waals surface area contributed by atoms with Crippen LogP contribution in [0, 0.1) is 16.7 Å². The summed E-state index contributed by atoms with van der Waals surface area (Å²) in [6, 6.07) is 1.91. The second-order valence-corrected chi connectivity index (χ2v) is 6.24. The lowest BCUT2D eigenvalue weighted by Gasteiger charge is -2.28. The third-order valence-corrected chi connectivity index (χ3v) is 3.44. The van der Waals surface area contributed by atoms with E-state index < -0.39 is 5.97 Å². The van der Waals surface area contributed by atoms with Crippen molar-refractivity contribution in [2.75, 3.05) is 13.1 Å². The summed E-state index contributed by atoms with van der Waals surface area (Å²) >= 11 is 0. The Morgan fingerprint density at radius 2 is 1.95 bits per heavy atom. The van der Waals surface area contributed by atoms with Gasteiger partial charge < -0.3 is 15.3 Å². The van der Waals surface area contributed by atoms with Crippen LogP contribution in [0.5, 0.6) is 0 Å². The van der Waals surface area contributed by atoms with Gasteiger partial charge in [-0.05, 0) is 32.1 Å². The van der Waals surface area contributed by atoms with E-state index in [0.29, 0.717) is 25.9 Å². The van der Waals surface area contributed by atoms with Gasteiger partial charge in [0.2, 0.25) is 0 Å². The molecular formula is C15H27N3O3. The van der Waals surface area contributed by atoms with Gasteiger partial charge in [0, 0.05) is 25.6 Å². The molecule has 0 aliphatic heterocycles. The molecule has 120 valence electrons. The van der Waals surface area contributed by atoms with Crippen molar-refractivity contribution >= 4 is 12.0 Å². The highest BCUT2D eigenvalue weighted by Gasteiger charge is 2.21. The molecule has 0 saturated carbocycles. The Hall–Kier alpha value is -1.77. The molecule has 0 heterocycles. The van der Waals surface area contributed by atoms with Crippen LogP contribution in [0.3, 0.4) is 0 Å². The van der Waals surface area contributed by atoms with E-state index in [1.54, 1.807) is 4.90 Å². The minimum atomic E-state index is -0.797. The molecule has 0 saturated heterocycles. The zero-order valence-electron chi connectivity index (χ0n) is 13.5. The summed E-state index contributed by atoms with van der Waals surface area (Å²) in [5.41, 5.74) is -0.124. The third-order valence-electron chi connectivity index (χ3n) is 3.44.